The van der Waals surface area contributed by atoms with Gasteiger partial charge in [-0.25, -0.2) is 0 Å². The minimum Gasteiger partial charge on any atom is -0.404 e. The van der Waals surface area contributed by atoms with Crippen molar-refractivity contribution in [3.05, 3.63) is 22.7 Å². The first-order chi connectivity index (χ1) is 9.35. The predicted molar refractivity (Wildman–Crippen MR) is 75.1 cm³/mol. The summed E-state index contributed by atoms with van der Waals surface area (Å²) in [6.07, 6.45) is -3.81. The Balaban J connectivity index is 2.29. The Morgan fingerprint density at radius 1 is 1.40 bits per heavy atom. The second kappa shape index (κ2) is 6.22. The van der Waals surface area contributed by atoms with Crippen LogP contribution in [0.5, 0.6) is 5.75 Å². The van der Waals surface area contributed by atoms with E-state index in [4.69, 9.17) is 0 Å². The molecule has 1 unspecified atom stereocenters. The molecule has 1 heterocycles. The van der Waals surface area contributed by atoms with E-state index in [0.29, 0.717) is 23.2 Å². The van der Waals surface area contributed by atoms with Crippen LogP contribution in [0.1, 0.15) is 13.3 Å². The molecule has 0 amide bonds. The summed E-state index contributed by atoms with van der Waals surface area (Å²) in [5.74, 6) is -0.166. The summed E-state index contributed by atoms with van der Waals surface area (Å²) in [4.78, 5) is 1.93. The highest BCUT2D eigenvalue weighted by Crippen LogP contribution is 2.35. The van der Waals surface area contributed by atoms with Crippen LogP contribution < -0.4 is 15.0 Å². The van der Waals surface area contributed by atoms with E-state index in [0.717, 1.165) is 13.0 Å². The fourth-order valence-corrected chi connectivity index (χ4v) is 2.62. The second-order valence-corrected chi connectivity index (χ2v) is 5.73. The molecular weight excluding hydrogens is 337 g/mol. The molecule has 2 rings (SSSR count). The number of halogens is 4. The highest BCUT2D eigenvalue weighted by molar-refractivity contribution is 9.10. The van der Waals surface area contributed by atoms with Gasteiger partial charge in [0.2, 0.25) is 0 Å². The number of nitrogens with one attached hydrogen (secondary N) is 1. The molecular formula is C13H16BrF3N2O. The third kappa shape index (κ3) is 4.28. The zero-order chi connectivity index (χ0) is 14.8. The normalized spacial score (nSPS) is 20.6. The average Bonchev–Trinajstić information content (AvgIpc) is 2.52. The van der Waals surface area contributed by atoms with Crippen molar-refractivity contribution in [3.8, 4) is 5.75 Å². The van der Waals surface area contributed by atoms with Gasteiger partial charge >= 0.3 is 6.36 Å². The summed E-state index contributed by atoms with van der Waals surface area (Å²) in [6, 6.07) is 4.95. The number of benzene rings is 1. The zero-order valence-corrected chi connectivity index (χ0v) is 12.6. The van der Waals surface area contributed by atoms with E-state index in [2.05, 4.69) is 26.0 Å². The molecule has 112 valence electrons. The molecule has 3 nitrogen and oxygen atoms in total. The quantitative estimate of drug-likeness (QED) is 0.880. The van der Waals surface area contributed by atoms with Crippen LogP contribution >= 0.6 is 15.9 Å². The van der Waals surface area contributed by atoms with Crippen molar-refractivity contribution in [1.82, 2.24) is 5.32 Å². The molecule has 0 spiro atoms. The van der Waals surface area contributed by atoms with E-state index in [1.54, 1.807) is 12.1 Å². The van der Waals surface area contributed by atoms with E-state index in [1.165, 1.54) is 6.07 Å². The summed E-state index contributed by atoms with van der Waals surface area (Å²) in [5, 5.41) is 3.31. The average molecular weight is 353 g/mol. The molecule has 0 radical (unpaired) electrons. The van der Waals surface area contributed by atoms with Gasteiger partial charge < -0.3 is 15.0 Å². The van der Waals surface area contributed by atoms with Crippen molar-refractivity contribution < 1.29 is 17.9 Å². The van der Waals surface area contributed by atoms with Crippen molar-refractivity contribution >= 4 is 21.6 Å². The van der Waals surface area contributed by atoms with Gasteiger partial charge in [0.25, 0.3) is 0 Å². The van der Waals surface area contributed by atoms with E-state index in [1.807, 2.05) is 11.8 Å². The molecule has 1 aliphatic heterocycles. The SMILES string of the molecule is CC1CN(c2ccc(Br)cc2OC(F)(F)F)CCCN1. The van der Waals surface area contributed by atoms with Crippen molar-refractivity contribution in [2.45, 2.75) is 25.7 Å². The summed E-state index contributed by atoms with van der Waals surface area (Å²) >= 11 is 3.18. The van der Waals surface area contributed by atoms with Crippen LogP contribution in [0, 0.1) is 0 Å². The Morgan fingerprint density at radius 3 is 2.85 bits per heavy atom. The van der Waals surface area contributed by atoms with Crippen molar-refractivity contribution in [3.63, 3.8) is 0 Å². The Hall–Kier alpha value is -0.950. The van der Waals surface area contributed by atoms with Crippen LogP contribution in [0.2, 0.25) is 0 Å². The molecule has 0 aliphatic carbocycles. The largest absolute Gasteiger partial charge is 0.573 e. The van der Waals surface area contributed by atoms with E-state index in [9.17, 15) is 13.2 Å². The van der Waals surface area contributed by atoms with Gasteiger partial charge in [-0.15, -0.1) is 13.2 Å². The van der Waals surface area contributed by atoms with Gasteiger partial charge in [0, 0.05) is 23.6 Å². The first-order valence-corrected chi connectivity index (χ1v) is 7.18. The number of anilines is 1. The third-order valence-electron chi connectivity index (χ3n) is 3.08. The lowest BCUT2D eigenvalue weighted by Gasteiger charge is -2.27. The second-order valence-electron chi connectivity index (χ2n) is 4.81. The maximum Gasteiger partial charge on any atom is 0.573 e. The third-order valence-corrected chi connectivity index (χ3v) is 3.57. The zero-order valence-electron chi connectivity index (χ0n) is 11.0. The number of hydrogen-bond donors (Lipinski definition) is 1. The molecule has 1 aromatic rings. The number of alkyl halides is 3. The van der Waals surface area contributed by atoms with Crippen molar-refractivity contribution in [2.24, 2.45) is 0 Å². The predicted octanol–water partition coefficient (Wildman–Crippen LogP) is 3.54. The molecule has 1 atom stereocenters. The van der Waals surface area contributed by atoms with E-state index in [-0.39, 0.29) is 11.8 Å². The van der Waals surface area contributed by atoms with Crippen LogP contribution in [-0.4, -0.2) is 32.0 Å². The van der Waals surface area contributed by atoms with Gasteiger partial charge in [-0.05, 0) is 38.1 Å². The molecule has 1 fully saturated rings. The molecule has 1 aliphatic rings. The molecule has 7 heteroatoms. The van der Waals surface area contributed by atoms with Crippen LogP contribution in [0.25, 0.3) is 0 Å². The standard InChI is InChI=1S/C13H16BrF3N2O/c1-9-8-19(6-2-5-18-9)11-4-3-10(14)7-12(11)20-13(15,16)17/h3-4,7,9,18H,2,5-6,8H2,1H3. The van der Waals surface area contributed by atoms with Crippen molar-refractivity contribution in [1.29, 1.82) is 0 Å². The fourth-order valence-electron chi connectivity index (χ4n) is 2.28. The smallest absolute Gasteiger partial charge is 0.404 e. The molecule has 1 aromatic carbocycles. The molecule has 1 N–H and O–H groups in total. The first kappa shape index (κ1) is 15.4. The van der Waals surface area contributed by atoms with Gasteiger partial charge in [-0.2, -0.15) is 0 Å². The summed E-state index contributed by atoms with van der Waals surface area (Å²) in [5.41, 5.74) is 0.473. The summed E-state index contributed by atoms with van der Waals surface area (Å²) in [6.45, 7) is 4.23. The minimum atomic E-state index is -4.69. The van der Waals surface area contributed by atoms with Crippen LogP contribution in [-0.2, 0) is 0 Å². The Morgan fingerprint density at radius 2 is 2.15 bits per heavy atom. The monoisotopic (exact) mass is 352 g/mol. The van der Waals surface area contributed by atoms with Crippen LogP contribution in [0.15, 0.2) is 22.7 Å². The van der Waals surface area contributed by atoms with Crippen LogP contribution in [0.3, 0.4) is 0 Å². The molecule has 0 saturated carbocycles. The fraction of sp³-hybridized carbons (Fsp3) is 0.538. The number of ether oxygens (including phenoxy) is 1. The Kier molecular flexibility index (Phi) is 4.80. The number of hydrogen-bond acceptors (Lipinski definition) is 3. The van der Waals surface area contributed by atoms with Gasteiger partial charge in [-0.1, -0.05) is 15.9 Å². The lowest BCUT2D eigenvalue weighted by molar-refractivity contribution is -0.274. The van der Waals surface area contributed by atoms with Gasteiger partial charge in [0.1, 0.15) is 0 Å². The lowest BCUT2D eigenvalue weighted by Crippen LogP contribution is -2.35. The Bertz CT molecular complexity index is 467. The minimum absolute atomic E-state index is 0.166. The summed E-state index contributed by atoms with van der Waals surface area (Å²) < 4.78 is 42.2. The molecule has 1 saturated heterocycles. The topological polar surface area (TPSA) is 24.5 Å². The van der Waals surface area contributed by atoms with Crippen molar-refractivity contribution in [2.75, 3.05) is 24.5 Å². The first-order valence-electron chi connectivity index (χ1n) is 6.39. The van der Waals surface area contributed by atoms with Gasteiger partial charge in [0.15, 0.2) is 5.75 Å². The van der Waals surface area contributed by atoms with E-state index >= 15 is 0 Å². The Labute approximate surface area is 124 Å². The highest BCUT2D eigenvalue weighted by atomic mass is 79.9. The molecule has 0 aromatic heterocycles. The number of rotatable bonds is 2. The van der Waals surface area contributed by atoms with E-state index < -0.39 is 6.36 Å². The van der Waals surface area contributed by atoms with Gasteiger partial charge in [0.05, 0.1) is 5.69 Å². The lowest BCUT2D eigenvalue weighted by atomic mass is 10.2. The molecule has 0 bridgehead atoms. The molecule has 20 heavy (non-hydrogen) atoms. The number of nitrogens with zero attached hydrogens (tertiary/aromatic N) is 1. The highest BCUT2D eigenvalue weighted by Gasteiger charge is 2.33. The van der Waals surface area contributed by atoms with Gasteiger partial charge in [-0.3, -0.25) is 0 Å². The van der Waals surface area contributed by atoms with Crippen LogP contribution in [0.4, 0.5) is 18.9 Å². The summed E-state index contributed by atoms with van der Waals surface area (Å²) in [7, 11) is 0. The maximum absolute atomic E-state index is 12.5. The maximum atomic E-state index is 12.5.